The first-order valence-corrected chi connectivity index (χ1v) is 9.52. The number of thioether (sulfide) groups is 1. The van der Waals surface area contributed by atoms with Gasteiger partial charge in [0.25, 0.3) is 0 Å². The van der Waals surface area contributed by atoms with Gasteiger partial charge in [-0.05, 0) is 61.6 Å². The third-order valence-corrected chi connectivity index (χ3v) is 5.73. The van der Waals surface area contributed by atoms with Gasteiger partial charge in [0.2, 0.25) is 5.91 Å². The lowest BCUT2D eigenvalue weighted by molar-refractivity contribution is -0.115. The van der Waals surface area contributed by atoms with Crippen LogP contribution in [0.1, 0.15) is 24.5 Å². The first kappa shape index (κ1) is 16.9. The highest BCUT2D eigenvalue weighted by molar-refractivity contribution is 8.00. The molecule has 1 atom stereocenters. The van der Waals surface area contributed by atoms with Crippen molar-refractivity contribution < 1.29 is 9.21 Å². The molecule has 3 aromatic rings. The Bertz CT molecular complexity index is 933. The van der Waals surface area contributed by atoms with E-state index in [2.05, 4.69) is 27.6 Å². The molecule has 26 heavy (non-hydrogen) atoms. The van der Waals surface area contributed by atoms with Crippen LogP contribution in [-0.2, 0) is 24.7 Å². The van der Waals surface area contributed by atoms with Gasteiger partial charge in [-0.1, -0.05) is 17.8 Å². The molecule has 1 aliphatic carbocycles. The lowest BCUT2D eigenvalue weighted by Gasteiger charge is -2.12. The minimum atomic E-state index is -0.296. The summed E-state index contributed by atoms with van der Waals surface area (Å²) in [5, 5.41) is 11.7. The number of hydrogen-bond acceptors (Lipinski definition) is 5. The van der Waals surface area contributed by atoms with Gasteiger partial charge in [-0.2, -0.15) is 0 Å². The molecule has 1 aliphatic rings. The molecule has 1 aromatic carbocycles. The summed E-state index contributed by atoms with van der Waals surface area (Å²) in [4.78, 5) is 12.6. The van der Waals surface area contributed by atoms with Crippen molar-refractivity contribution in [3.05, 3.63) is 47.7 Å². The number of carbonyl (C=O) groups is 1. The van der Waals surface area contributed by atoms with E-state index in [9.17, 15) is 4.79 Å². The van der Waals surface area contributed by atoms with Crippen LogP contribution in [0.3, 0.4) is 0 Å². The Hall–Kier alpha value is -2.54. The summed E-state index contributed by atoms with van der Waals surface area (Å²) in [7, 11) is 1.87. The zero-order valence-corrected chi connectivity index (χ0v) is 15.5. The summed E-state index contributed by atoms with van der Waals surface area (Å²) >= 11 is 1.38. The summed E-state index contributed by atoms with van der Waals surface area (Å²) in [5.74, 6) is 1.25. The van der Waals surface area contributed by atoms with Crippen LogP contribution in [0.2, 0.25) is 0 Å². The number of aryl methyl sites for hydroxylation is 2. The van der Waals surface area contributed by atoms with E-state index in [4.69, 9.17) is 4.42 Å². The van der Waals surface area contributed by atoms with Gasteiger partial charge in [0.15, 0.2) is 16.7 Å². The normalized spacial score (nSPS) is 14.2. The molecule has 6 nitrogen and oxygen atoms in total. The van der Waals surface area contributed by atoms with Crippen molar-refractivity contribution in [2.45, 2.75) is 36.6 Å². The molecule has 7 heteroatoms. The Morgan fingerprint density at radius 3 is 2.92 bits per heavy atom. The molecular formula is C19H20N4O2S. The Kier molecular flexibility index (Phi) is 4.55. The molecule has 0 saturated carbocycles. The smallest absolute Gasteiger partial charge is 0.237 e. The molecule has 0 spiro atoms. The molecule has 0 unspecified atom stereocenters. The molecule has 0 saturated heterocycles. The average Bonchev–Trinajstić information content (AvgIpc) is 3.36. The van der Waals surface area contributed by atoms with Crippen molar-refractivity contribution >= 4 is 23.4 Å². The number of nitrogens with zero attached hydrogens (tertiary/aromatic N) is 3. The number of carbonyl (C=O) groups excluding carboxylic acids is 1. The molecule has 0 fully saturated rings. The molecule has 134 valence electrons. The van der Waals surface area contributed by atoms with E-state index >= 15 is 0 Å². The summed E-state index contributed by atoms with van der Waals surface area (Å²) in [5.41, 5.74) is 3.60. The largest absolute Gasteiger partial charge is 0.461 e. The molecule has 1 amide bonds. The highest BCUT2D eigenvalue weighted by atomic mass is 32.2. The van der Waals surface area contributed by atoms with Gasteiger partial charge in [-0.3, -0.25) is 4.79 Å². The number of rotatable bonds is 5. The average molecular weight is 368 g/mol. The highest BCUT2D eigenvalue weighted by Crippen LogP contribution is 2.28. The maximum Gasteiger partial charge on any atom is 0.237 e. The number of benzene rings is 1. The van der Waals surface area contributed by atoms with E-state index in [1.165, 1.54) is 29.3 Å². The maximum absolute atomic E-state index is 12.6. The van der Waals surface area contributed by atoms with E-state index in [1.807, 2.05) is 36.7 Å². The van der Waals surface area contributed by atoms with E-state index in [1.54, 1.807) is 6.26 Å². The number of hydrogen-bond donors (Lipinski definition) is 1. The zero-order valence-electron chi connectivity index (χ0n) is 14.7. The van der Waals surface area contributed by atoms with Gasteiger partial charge in [-0.25, -0.2) is 0 Å². The zero-order chi connectivity index (χ0) is 18.1. The fourth-order valence-corrected chi connectivity index (χ4v) is 3.96. The van der Waals surface area contributed by atoms with Gasteiger partial charge in [-0.15, -0.1) is 10.2 Å². The first-order chi connectivity index (χ1) is 12.6. The van der Waals surface area contributed by atoms with Gasteiger partial charge >= 0.3 is 0 Å². The Balaban J connectivity index is 1.43. The second-order valence-electron chi connectivity index (χ2n) is 6.43. The summed E-state index contributed by atoms with van der Waals surface area (Å²) in [6, 6.07) is 9.84. The molecule has 0 aliphatic heterocycles. The van der Waals surface area contributed by atoms with Crippen molar-refractivity contribution in [2.75, 3.05) is 5.32 Å². The van der Waals surface area contributed by atoms with Gasteiger partial charge in [0, 0.05) is 12.7 Å². The number of amides is 1. The molecule has 1 N–H and O–H groups in total. The Morgan fingerprint density at radius 2 is 2.12 bits per heavy atom. The van der Waals surface area contributed by atoms with Crippen LogP contribution in [-0.4, -0.2) is 25.9 Å². The lowest BCUT2D eigenvalue weighted by Crippen LogP contribution is -2.23. The summed E-state index contributed by atoms with van der Waals surface area (Å²) < 4.78 is 7.21. The Morgan fingerprint density at radius 1 is 1.27 bits per heavy atom. The molecule has 4 rings (SSSR count). The standard InChI is InChI=1S/C19H20N4O2S/c1-12(18(24)20-15-9-8-13-5-3-6-14(13)11-15)26-19-22-21-17(23(19)2)16-7-4-10-25-16/h4,7-12H,3,5-6H2,1-2H3,(H,20,24)/t12-/m1/s1. The first-order valence-electron chi connectivity index (χ1n) is 8.64. The monoisotopic (exact) mass is 368 g/mol. The topological polar surface area (TPSA) is 73.0 Å². The third-order valence-electron chi connectivity index (χ3n) is 4.59. The maximum atomic E-state index is 12.6. The van der Waals surface area contributed by atoms with Crippen LogP contribution in [0.25, 0.3) is 11.6 Å². The second-order valence-corrected chi connectivity index (χ2v) is 7.74. The van der Waals surface area contributed by atoms with E-state index < -0.39 is 0 Å². The number of anilines is 1. The van der Waals surface area contributed by atoms with Crippen molar-refractivity contribution in [3.63, 3.8) is 0 Å². The number of nitrogens with one attached hydrogen (secondary N) is 1. The quantitative estimate of drug-likeness (QED) is 0.696. The molecular weight excluding hydrogens is 348 g/mol. The predicted octanol–water partition coefficient (Wildman–Crippen LogP) is 3.68. The van der Waals surface area contributed by atoms with E-state index in [0.29, 0.717) is 16.7 Å². The van der Waals surface area contributed by atoms with Crippen LogP contribution >= 0.6 is 11.8 Å². The molecule has 0 bridgehead atoms. The Labute approximate surface area is 156 Å². The minimum absolute atomic E-state index is 0.0458. The van der Waals surface area contributed by atoms with Crippen molar-refractivity contribution in [2.24, 2.45) is 7.05 Å². The van der Waals surface area contributed by atoms with Crippen LogP contribution in [0.4, 0.5) is 5.69 Å². The highest BCUT2D eigenvalue weighted by Gasteiger charge is 2.21. The van der Waals surface area contributed by atoms with E-state index in [0.717, 1.165) is 18.5 Å². The number of aromatic nitrogens is 3. The molecule has 2 aromatic heterocycles. The van der Waals surface area contributed by atoms with Gasteiger partial charge in [0.05, 0.1) is 11.5 Å². The number of furan rings is 1. The second kappa shape index (κ2) is 6.99. The van der Waals surface area contributed by atoms with Gasteiger partial charge < -0.3 is 14.3 Å². The van der Waals surface area contributed by atoms with Crippen molar-refractivity contribution in [1.82, 2.24) is 14.8 Å². The third kappa shape index (κ3) is 3.26. The van der Waals surface area contributed by atoms with Crippen LogP contribution in [0.15, 0.2) is 46.2 Å². The lowest BCUT2D eigenvalue weighted by atomic mass is 10.1. The predicted molar refractivity (Wildman–Crippen MR) is 101 cm³/mol. The summed E-state index contributed by atoms with van der Waals surface area (Å²) in [6.45, 7) is 1.87. The fraction of sp³-hybridized carbons (Fsp3) is 0.316. The van der Waals surface area contributed by atoms with Crippen LogP contribution in [0, 0.1) is 0 Å². The van der Waals surface area contributed by atoms with Crippen molar-refractivity contribution in [3.8, 4) is 11.6 Å². The van der Waals surface area contributed by atoms with Gasteiger partial charge in [0.1, 0.15) is 0 Å². The summed E-state index contributed by atoms with van der Waals surface area (Å²) in [6.07, 6.45) is 5.03. The van der Waals surface area contributed by atoms with Crippen LogP contribution < -0.4 is 5.32 Å². The van der Waals surface area contributed by atoms with E-state index in [-0.39, 0.29) is 11.2 Å². The minimum Gasteiger partial charge on any atom is -0.461 e. The molecule has 2 heterocycles. The molecule has 0 radical (unpaired) electrons. The number of fused-ring (bicyclic) bond motifs is 1. The van der Waals surface area contributed by atoms with Crippen LogP contribution in [0.5, 0.6) is 0 Å². The van der Waals surface area contributed by atoms with Crippen molar-refractivity contribution in [1.29, 1.82) is 0 Å². The SMILES string of the molecule is C[C@@H](Sc1nnc(-c2ccco2)n1C)C(=O)Nc1ccc2c(c1)CCC2. The fourth-order valence-electron chi connectivity index (χ4n) is 3.14.